The van der Waals surface area contributed by atoms with Crippen LogP contribution in [0.4, 0.5) is 0 Å². The van der Waals surface area contributed by atoms with E-state index < -0.39 is 5.97 Å². The molecule has 3 rings (SSSR count). The van der Waals surface area contributed by atoms with Crippen LogP contribution in [0.1, 0.15) is 167 Å². The number of aliphatic hydroxyl groups is 1. The number of carboxylic acid groups (broad SMARTS) is 1. The highest BCUT2D eigenvalue weighted by molar-refractivity contribution is 5.80. The Kier molecular flexibility index (Phi) is 20.9. The van der Waals surface area contributed by atoms with Crippen LogP contribution in [-0.4, -0.2) is 40.3 Å². The third kappa shape index (κ3) is 22.6. The highest BCUT2D eigenvalue weighted by Crippen LogP contribution is 2.39. The van der Waals surface area contributed by atoms with Crippen LogP contribution in [0.5, 0.6) is 0 Å². The van der Waals surface area contributed by atoms with Crippen molar-refractivity contribution in [3.05, 3.63) is 0 Å². The molecule has 3 aliphatic rings. The monoisotopic (exact) mass is 640 g/mol. The van der Waals surface area contributed by atoms with Gasteiger partial charge in [0.2, 0.25) is 0 Å². The number of hydrogen-bond donors (Lipinski definition) is 3. The van der Waals surface area contributed by atoms with Crippen LogP contribution < -0.4 is 5.73 Å². The fourth-order valence-electron chi connectivity index (χ4n) is 6.07. The highest BCUT2D eigenvalue weighted by atomic mass is 16.4. The Bertz CT molecular complexity index is 857. The van der Waals surface area contributed by atoms with Gasteiger partial charge in [0.05, 0.1) is 6.10 Å². The largest absolute Gasteiger partial charge is 0.481 e. The van der Waals surface area contributed by atoms with Gasteiger partial charge in [-0.25, -0.2) is 0 Å². The number of aliphatic hydroxyl groups excluding tert-OH is 1. The van der Waals surface area contributed by atoms with E-state index in [4.69, 9.17) is 20.4 Å². The lowest BCUT2D eigenvalue weighted by molar-refractivity contribution is -0.191. The predicted octanol–water partition coefficient (Wildman–Crippen LogP) is 9.10. The van der Waals surface area contributed by atoms with Gasteiger partial charge in [0.1, 0.15) is 5.78 Å². The number of carbonyl (C=O) groups is 2. The molecule has 0 bridgehead atoms. The lowest BCUT2D eigenvalue weighted by Gasteiger charge is -2.35. The van der Waals surface area contributed by atoms with E-state index >= 15 is 0 Å². The standard InChI is InChI=1S/C10H20O.C9H19N.C9H18O2.C9H16O.CO2/c1-10(2,3)8-4-6-9(11)7-5-8;1-9(2,3)7-4-5-8(10)6-7;1-7(9(2,3)4)5-6-8(10)11;1-9(2,3)7-4-5-8(10)6-7;2-1-3/h8-9,11H,4-7H2,1-3H3;7-8H,4-6,10H2,1-3H3;7H,5-6H2,1-4H3,(H,10,11);7H,4-6H2,1-3H3;. The zero-order valence-corrected chi connectivity index (χ0v) is 31.6. The molecule has 3 fully saturated rings. The number of Topliss-reactive ketones (excluding diaryl/α,β-unsaturated/α-hetero) is 1. The molecule has 7 nitrogen and oxygen atoms in total. The van der Waals surface area contributed by atoms with E-state index in [9.17, 15) is 14.7 Å². The number of rotatable bonds is 3. The lowest BCUT2D eigenvalue weighted by atomic mass is 9.72. The third-order valence-corrected chi connectivity index (χ3v) is 10.4. The second-order valence-corrected chi connectivity index (χ2v) is 18.1. The van der Waals surface area contributed by atoms with Crippen LogP contribution in [0, 0.1) is 45.3 Å². The first-order valence-corrected chi connectivity index (χ1v) is 17.4. The molecule has 0 saturated heterocycles. The molecule has 0 spiro atoms. The van der Waals surface area contributed by atoms with Gasteiger partial charge in [-0.1, -0.05) is 90.0 Å². The van der Waals surface area contributed by atoms with E-state index in [1.165, 1.54) is 32.1 Å². The summed E-state index contributed by atoms with van der Waals surface area (Å²) >= 11 is 0. The summed E-state index contributed by atoms with van der Waals surface area (Å²) in [6, 6.07) is 0.490. The quantitative estimate of drug-likeness (QED) is 0.280. The summed E-state index contributed by atoms with van der Waals surface area (Å²) in [7, 11) is 0. The van der Waals surface area contributed by atoms with Crippen LogP contribution in [0.25, 0.3) is 0 Å². The van der Waals surface area contributed by atoms with Crippen LogP contribution in [-0.2, 0) is 19.2 Å². The molecule has 4 unspecified atom stereocenters. The van der Waals surface area contributed by atoms with Gasteiger partial charge in [0.25, 0.3) is 0 Å². The molecular weight excluding hydrogens is 566 g/mol. The van der Waals surface area contributed by atoms with Crippen molar-refractivity contribution < 1.29 is 29.4 Å². The maximum absolute atomic E-state index is 10.9. The molecule has 0 aromatic rings. The second kappa shape index (κ2) is 20.6. The Morgan fingerprint density at radius 1 is 0.778 bits per heavy atom. The number of aliphatic carboxylic acids is 1. The smallest absolute Gasteiger partial charge is 0.373 e. The van der Waals surface area contributed by atoms with Gasteiger partial charge in [-0.3, -0.25) is 9.59 Å². The van der Waals surface area contributed by atoms with Crippen LogP contribution >= 0.6 is 0 Å². The van der Waals surface area contributed by atoms with Gasteiger partial charge in [-0.15, -0.1) is 0 Å². The van der Waals surface area contributed by atoms with Gasteiger partial charge in [0, 0.05) is 25.3 Å². The average Bonchev–Trinajstić information content (AvgIpc) is 3.52. The van der Waals surface area contributed by atoms with Crippen molar-refractivity contribution in [2.75, 3.05) is 0 Å². The molecule has 4 atom stereocenters. The molecule has 0 radical (unpaired) electrons. The normalized spacial score (nSPS) is 25.8. The van der Waals surface area contributed by atoms with Gasteiger partial charge >= 0.3 is 12.1 Å². The second-order valence-electron chi connectivity index (χ2n) is 18.1. The molecular formula is C38H73NO6. The average molecular weight is 640 g/mol. The van der Waals surface area contributed by atoms with Crippen molar-refractivity contribution in [2.24, 2.45) is 51.1 Å². The first-order chi connectivity index (χ1) is 20.2. The Labute approximate surface area is 277 Å². The fourth-order valence-corrected chi connectivity index (χ4v) is 6.07. The minimum Gasteiger partial charge on any atom is -0.481 e. The lowest BCUT2D eigenvalue weighted by Crippen LogP contribution is -2.27. The molecule has 0 aromatic heterocycles. The van der Waals surface area contributed by atoms with E-state index in [1.807, 2.05) is 0 Å². The zero-order chi connectivity index (χ0) is 35.8. The topological polar surface area (TPSA) is 135 Å². The van der Waals surface area contributed by atoms with Gasteiger partial charge in [-0.05, 0) is 103 Å². The number of carboxylic acids is 1. The van der Waals surface area contributed by atoms with Crippen LogP contribution in [0.2, 0.25) is 0 Å². The maximum Gasteiger partial charge on any atom is 0.373 e. The first kappa shape index (κ1) is 45.6. The summed E-state index contributed by atoms with van der Waals surface area (Å²) in [6.45, 7) is 29.0. The molecule has 0 heterocycles. The number of ketones is 1. The van der Waals surface area contributed by atoms with Gasteiger partial charge in [0.15, 0.2) is 0 Å². The molecule has 0 amide bonds. The molecule has 7 heteroatoms. The molecule has 4 N–H and O–H groups in total. The van der Waals surface area contributed by atoms with E-state index in [1.54, 1.807) is 0 Å². The Morgan fingerprint density at radius 2 is 1.20 bits per heavy atom. The molecule has 0 aliphatic heterocycles. The summed E-state index contributed by atoms with van der Waals surface area (Å²) in [6.07, 6.45) is 12.3. The van der Waals surface area contributed by atoms with E-state index in [2.05, 4.69) is 90.0 Å². The van der Waals surface area contributed by atoms with Crippen molar-refractivity contribution in [3.63, 3.8) is 0 Å². The van der Waals surface area contributed by atoms with Crippen molar-refractivity contribution in [2.45, 2.75) is 179 Å². The summed E-state index contributed by atoms with van der Waals surface area (Å²) in [5.41, 5.74) is 7.32. The fraction of sp³-hybridized carbons (Fsp3) is 0.921. The number of hydrogen-bond acceptors (Lipinski definition) is 6. The maximum atomic E-state index is 10.9. The van der Waals surface area contributed by atoms with Crippen molar-refractivity contribution in [1.82, 2.24) is 0 Å². The summed E-state index contributed by atoms with van der Waals surface area (Å²) in [5.74, 6) is 2.56. The highest BCUT2D eigenvalue weighted by Gasteiger charge is 2.32. The predicted molar refractivity (Wildman–Crippen MR) is 184 cm³/mol. The minimum absolute atomic E-state index is 0.00593. The van der Waals surface area contributed by atoms with Crippen molar-refractivity contribution in [1.29, 1.82) is 0 Å². The summed E-state index contributed by atoms with van der Waals surface area (Å²) < 4.78 is 0. The Morgan fingerprint density at radius 3 is 1.44 bits per heavy atom. The third-order valence-electron chi connectivity index (χ3n) is 10.4. The van der Waals surface area contributed by atoms with Crippen LogP contribution in [0.3, 0.4) is 0 Å². The van der Waals surface area contributed by atoms with E-state index in [0.29, 0.717) is 46.3 Å². The van der Waals surface area contributed by atoms with Crippen molar-refractivity contribution >= 4 is 17.9 Å². The number of nitrogens with two attached hydrogens (primary N) is 1. The SMILES string of the molecule is CC(C)(C)C1CCC(=O)C1.CC(C)(C)C1CCC(N)C1.CC(C)(C)C1CCC(O)CC1.CC(CCC(=O)O)C(C)(C)C.O=C=O. The molecule has 3 saturated carbocycles. The van der Waals surface area contributed by atoms with Crippen LogP contribution in [0.15, 0.2) is 0 Å². The van der Waals surface area contributed by atoms with Gasteiger partial charge in [-0.2, -0.15) is 9.59 Å². The zero-order valence-electron chi connectivity index (χ0n) is 31.6. The molecule has 3 aliphatic carbocycles. The van der Waals surface area contributed by atoms with E-state index in [0.717, 1.165) is 50.4 Å². The Hall–Kier alpha value is -1.56. The molecule has 0 aromatic carbocycles. The summed E-state index contributed by atoms with van der Waals surface area (Å²) in [4.78, 5) is 37.4. The summed E-state index contributed by atoms with van der Waals surface area (Å²) in [5, 5.41) is 17.7. The Balaban J connectivity index is 0. The van der Waals surface area contributed by atoms with Gasteiger partial charge < -0.3 is 15.9 Å². The first-order valence-electron chi connectivity index (χ1n) is 17.4. The minimum atomic E-state index is -0.693. The van der Waals surface area contributed by atoms with E-state index in [-0.39, 0.29) is 17.7 Å². The van der Waals surface area contributed by atoms with Crippen molar-refractivity contribution in [3.8, 4) is 0 Å². The molecule has 266 valence electrons. The number of carbonyl (C=O) groups excluding carboxylic acids is 3. The molecule has 45 heavy (non-hydrogen) atoms.